The number of quaternary nitrogens is 1. The van der Waals surface area contributed by atoms with Crippen LogP contribution in [0.3, 0.4) is 0 Å². The van der Waals surface area contributed by atoms with E-state index in [2.05, 4.69) is 0 Å². The number of carbonyl (C=O) groups is 2. The van der Waals surface area contributed by atoms with Crippen molar-refractivity contribution in [1.82, 2.24) is 4.65 Å². The summed E-state index contributed by atoms with van der Waals surface area (Å²) >= 11 is 0. The molecule has 4 aliphatic rings. The molecule has 6 unspecified atom stereocenters. The van der Waals surface area contributed by atoms with Crippen LogP contribution in [0.1, 0.15) is 42.4 Å². The lowest BCUT2D eigenvalue weighted by Crippen LogP contribution is -2.47. The number of ether oxygens (including phenoxy) is 3. The highest BCUT2D eigenvalue weighted by molar-refractivity contribution is 5.75. The van der Waals surface area contributed by atoms with Gasteiger partial charge in [-0.15, -0.1) is 0 Å². The molecule has 6 atom stereocenters. The molecule has 7 heteroatoms. The summed E-state index contributed by atoms with van der Waals surface area (Å²) in [5.41, 5.74) is 3.85. The van der Waals surface area contributed by atoms with Gasteiger partial charge in [-0.25, -0.2) is 4.79 Å². The number of aryl methyl sites for hydroxylation is 3. The minimum atomic E-state index is -0.750. The molecular weight excluding hydrogens is 518 g/mol. The maximum atomic E-state index is 14.7. The molecule has 2 aliphatic carbocycles. The Labute approximate surface area is 241 Å². The molecule has 7 nitrogen and oxygen atoms in total. The Morgan fingerprint density at radius 1 is 0.976 bits per heavy atom. The van der Waals surface area contributed by atoms with Crippen LogP contribution in [-0.2, 0) is 19.1 Å². The molecule has 0 amide bonds. The van der Waals surface area contributed by atoms with E-state index < -0.39 is 16.0 Å². The second kappa shape index (κ2) is 10.7. The average Bonchev–Trinajstić information content (AvgIpc) is 3.16. The Morgan fingerprint density at radius 3 is 2.41 bits per heavy atom. The Morgan fingerprint density at radius 2 is 1.71 bits per heavy atom. The quantitative estimate of drug-likeness (QED) is 0.132. The van der Waals surface area contributed by atoms with Gasteiger partial charge >= 0.3 is 5.97 Å². The topological polar surface area (TPSA) is 84.9 Å². The number of nitrogens with zero attached hydrogens (tertiary/aromatic N) is 1. The number of benzene rings is 3. The van der Waals surface area contributed by atoms with Crippen molar-refractivity contribution in [2.24, 2.45) is 17.3 Å². The van der Waals surface area contributed by atoms with Crippen molar-refractivity contribution in [3.05, 3.63) is 88.6 Å². The summed E-state index contributed by atoms with van der Waals surface area (Å²) in [5.74, 6) is 0.693. The van der Waals surface area contributed by atoms with Crippen molar-refractivity contribution in [1.29, 1.82) is 0 Å². The van der Waals surface area contributed by atoms with Crippen LogP contribution in [0.4, 0.5) is 17.1 Å². The van der Waals surface area contributed by atoms with Gasteiger partial charge in [-0.3, -0.25) is 4.65 Å². The zero-order valence-electron chi connectivity index (χ0n) is 23.9. The zero-order valence-corrected chi connectivity index (χ0v) is 23.9. The minimum Gasteiger partial charge on any atom is -0.616 e. The van der Waals surface area contributed by atoms with E-state index in [4.69, 9.17) is 14.2 Å². The lowest BCUT2D eigenvalue weighted by molar-refractivity contribution is -0.168. The van der Waals surface area contributed by atoms with E-state index >= 15 is 0 Å². The van der Waals surface area contributed by atoms with Crippen LogP contribution in [0.2, 0.25) is 0 Å². The fourth-order valence-electron chi connectivity index (χ4n) is 7.39. The third kappa shape index (κ3) is 5.07. The molecule has 3 aromatic rings. The predicted octanol–water partition coefficient (Wildman–Crippen LogP) is 6.78. The Hall–Kier alpha value is -3.52. The number of para-hydroxylation sites is 1. The van der Waals surface area contributed by atoms with E-state index in [-0.39, 0.29) is 24.7 Å². The molecule has 2 saturated heterocycles. The Balaban J connectivity index is 1.21. The standard InChI is InChI=1S/C34H37NO6/c1-22-8-7-11-28(12-22)35(38,27-9-5-4-6-10-27)29-13-23(2)32(24(3)14-29)39-19-31(37)41-33-26-15-25-16-30(33)40-21-34(17-25,18-26)20-36/h4-14,20,25-26,30,33H,15-19,21H2,1-3H3. The summed E-state index contributed by atoms with van der Waals surface area (Å²) in [6.45, 7) is 5.92. The first-order valence-corrected chi connectivity index (χ1v) is 14.5. The van der Waals surface area contributed by atoms with Gasteiger partial charge in [-0.05, 0) is 75.0 Å². The van der Waals surface area contributed by atoms with Crippen LogP contribution in [0.25, 0.3) is 0 Å². The third-order valence-electron chi connectivity index (χ3n) is 9.13. The lowest BCUT2D eigenvalue weighted by atomic mass is 9.61. The van der Waals surface area contributed by atoms with Gasteiger partial charge in [0.25, 0.3) is 0 Å². The first-order valence-electron chi connectivity index (χ1n) is 14.5. The van der Waals surface area contributed by atoms with Crippen LogP contribution in [-0.4, -0.2) is 37.7 Å². The van der Waals surface area contributed by atoms with Crippen molar-refractivity contribution in [3.63, 3.8) is 0 Å². The average molecular weight is 556 g/mol. The summed E-state index contributed by atoms with van der Waals surface area (Å²) in [5, 5.41) is 14.7. The Kier molecular flexibility index (Phi) is 7.22. The molecule has 3 aromatic carbocycles. The smallest absolute Gasteiger partial charge is 0.344 e. The first kappa shape index (κ1) is 27.6. The molecule has 4 bridgehead atoms. The molecule has 0 radical (unpaired) electrons. The van der Waals surface area contributed by atoms with Crippen LogP contribution in [0, 0.1) is 43.2 Å². The largest absolute Gasteiger partial charge is 0.616 e. The number of hydrogen-bond donors (Lipinski definition) is 0. The van der Waals surface area contributed by atoms with Gasteiger partial charge in [-0.2, -0.15) is 0 Å². The normalized spacial score (nSPS) is 28.0. The molecule has 2 aliphatic heterocycles. The summed E-state index contributed by atoms with van der Waals surface area (Å²) in [6, 6.07) is 20.6. The highest BCUT2D eigenvalue weighted by atomic mass is 16.6. The number of aldehydes is 1. The molecule has 7 rings (SSSR count). The predicted molar refractivity (Wildman–Crippen MR) is 157 cm³/mol. The van der Waals surface area contributed by atoms with Gasteiger partial charge in [0.15, 0.2) is 6.61 Å². The molecule has 214 valence electrons. The van der Waals surface area contributed by atoms with Crippen LogP contribution in [0.5, 0.6) is 5.75 Å². The zero-order chi connectivity index (χ0) is 28.8. The molecule has 4 fully saturated rings. The molecule has 2 saturated carbocycles. The van der Waals surface area contributed by atoms with Crippen LogP contribution >= 0.6 is 0 Å². The van der Waals surface area contributed by atoms with Gasteiger partial charge in [0.2, 0.25) is 0 Å². The second-order valence-electron chi connectivity index (χ2n) is 12.3. The van der Waals surface area contributed by atoms with Crippen LogP contribution in [0.15, 0.2) is 66.7 Å². The second-order valence-corrected chi connectivity index (χ2v) is 12.3. The number of carbonyl (C=O) groups excluding carboxylic acids is 2. The van der Waals surface area contributed by atoms with Gasteiger partial charge in [0.1, 0.15) is 35.2 Å². The minimum absolute atomic E-state index is 0.134. The summed E-state index contributed by atoms with van der Waals surface area (Å²) in [6.07, 6.45) is 3.90. The number of fused-ring (bicyclic) bond motifs is 1. The van der Waals surface area contributed by atoms with Crippen molar-refractivity contribution >= 4 is 29.3 Å². The molecule has 0 aromatic heterocycles. The molecular formula is C34H37NO6. The maximum Gasteiger partial charge on any atom is 0.344 e. The van der Waals surface area contributed by atoms with Gasteiger partial charge in [0, 0.05) is 41.8 Å². The SMILES string of the molecule is Cc1cccc([N+]([O-])(c2ccccc2)c2cc(C)c(OCC(=O)OC3C4CC5CC3OCC(C=O)(C5)C4)c(C)c2)c1. The molecule has 2 heterocycles. The summed E-state index contributed by atoms with van der Waals surface area (Å²) in [4.78, 5) is 24.9. The van der Waals surface area contributed by atoms with E-state index in [1.165, 1.54) is 0 Å². The highest BCUT2D eigenvalue weighted by Gasteiger charge is 2.54. The van der Waals surface area contributed by atoms with Gasteiger partial charge in [0.05, 0.1) is 12.7 Å². The summed E-state index contributed by atoms with van der Waals surface area (Å²) < 4.78 is 17.3. The van der Waals surface area contributed by atoms with Gasteiger partial charge < -0.3 is 24.2 Å². The molecule has 41 heavy (non-hydrogen) atoms. The highest BCUT2D eigenvalue weighted by Crippen LogP contribution is 2.52. The third-order valence-corrected chi connectivity index (χ3v) is 9.13. The number of rotatable bonds is 8. The maximum absolute atomic E-state index is 14.7. The van der Waals surface area contributed by atoms with E-state index in [9.17, 15) is 14.8 Å². The van der Waals surface area contributed by atoms with E-state index in [0.29, 0.717) is 41.8 Å². The van der Waals surface area contributed by atoms with E-state index in [1.54, 1.807) is 0 Å². The summed E-state index contributed by atoms with van der Waals surface area (Å²) in [7, 11) is 0. The van der Waals surface area contributed by atoms with Crippen LogP contribution < -0.4 is 9.38 Å². The number of esters is 1. The van der Waals surface area contributed by atoms with Crippen molar-refractivity contribution in [2.75, 3.05) is 13.2 Å². The van der Waals surface area contributed by atoms with Crippen molar-refractivity contribution < 1.29 is 23.8 Å². The van der Waals surface area contributed by atoms with Crippen molar-refractivity contribution in [2.45, 2.75) is 58.7 Å². The van der Waals surface area contributed by atoms with E-state index in [1.807, 2.05) is 87.5 Å². The Bertz CT molecular complexity index is 1430. The lowest BCUT2D eigenvalue weighted by Gasteiger charge is -2.44. The van der Waals surface area contributed by atoms with Crippen molar-refractivity contribution in [3.8, 4) is 5.75 Å². The van der Waals surface area contributed by atoms with E-state index in [0.717, 1.165) is 42.2 Å². The fourth-order valence-corrected chi connectivity index (χ4v) is 7.39. The molecule has 0 N–H and O–H groups in total. The molecule has 0 spiro atoms. The number of hydrogen-bond acceptors (Lipinski definition) is 6. The monoisotopic (exact) mass is 555 g/mol. The first-order chi connectivity index (χ1) is 19.7. The van der Waals surface area contributed by atoms with Gasteiger partial charge in [-0.1, -0.05) is 30.3 Å². The fraction of sp³-hybridized carbons (Fsp3) is 0.412.